The molecule has 11 heavy (non-hydrogen) atoms. The van der Waals surface area contributed by atoms with Crippen molar-refractivity contribution in [3.63, 3.8) is 0 Å². The van der Waals surface area contributed by atoms with Gasteiger partial charge in [-0.15, -0.1) is 6.58 Å². The van der Waals surface area contributed by atoms with E-state index in [-0.39, 0.29) is 6.04 Å². The Bertz CT molecular complexity index is 121. The number of nitrogens with two attached hydrogens (primary N) is 1. The summed E-state index contributed by atoms with van der Waals surface area (Å²) in [5.74, 6) is 0.542. The Morgan fingerprint density at radius 1 is 1.45 bits per heavy atom. The zero-order valence-corrected chi connectivity index (χ0v) is 8.22. The van der Waals surface area contributed by atoms with Crippen molar-refractivity contribution in [2.24, 2.45) is 17.1 Å². The molecule has 0 amide bonds. The van der Waals surface area contributed by atoms with E-state index in [1.807, 2.05) is 6.08 Å². The van der Waals surface area contributed by atoms with Gasteiger partial charge in [-0.25, -0.2) is 0 Å². The topological polar surface area (TPSA) is 26.0 Å². The lowest BCUT2D eigenvalue weighted by Gasteiger charge is -2.31. The van der Waals surface area contributed by atoms with Crippen LogP contribution >= 0.6 is 0 Å². The second-order valence-electron chi connectivity index (χ2n) is 4.34. The summed E-state index contributed by atoms with van der Waals surface area (Å²) in [4.78, 5) is 0. The van der Waals surface area contributed by atoms with Gasteiger partial charge in [-0.3, -0.25) is 0 Å². The molecule has 0 aliphatic heterocycles. The molecule has 2 atom stereocenters. The number of hydrogen-bond acceptors (Lipinski definition) is 1. The quantitative estimate of drug-likeness (QED) is 0.623. The Kier molecular flexibility index (Phi) is 3.81. The minimum absolute atomic E-state index is 0.257. The van der Waals surface area contributed by atoms with Gasteiger partial charge in [-0.1, -0.05) is 33.8 Å². The van der Waals surface area contributed by atoms with Crippen molar-refractivity contribution in [3.8, 4) is 0 Å². The van der Waals surface area contributed by atoms with E-state index in [9.17, 15) is 0 Å². The molecule has 0 fully saturated rings. The summed E-state index contributed by atoms with van der Waals surface area (Å²) in [7, 11) is 0. The van der Waals surface area contributed by atoms with E-state index in [0.29, 0.717) is 11.3 Å². The fraction of sp³-hybridized carbons (Fsp3) is 0.800. The van der Waals surface area contributed by atoms with E-state index in [1.165, 1.54) is 0 Å². The van der Waals surface area contributed by atoms with Crippen LogP contribution in [0.1, 0.15) is 34.1 Å². The average Bonchev–Trinajstić information content (AvgIpc) is 1.85. The van der Waals surface area contributed by atoms with Crippen LogP contribution in [-0.4, -0.2) is 6.04 Å². The van der Waals surface area contributed by atoms with Crippen LogP contribution in [-0.2, 0) is 0 Å². The lowest BCUT2D eigenvalue weighted by atomic mass is 9.77. The molecule has 2 N–H and O–H groups in total. The predicted molar refractivity (Wildman–Crippen MR) is 51.4 cm³/mol. The highest BCUT2D eigenvalue weighted by atomic mass is 14.7. The predicted octanol–water partition coefficient (Wildman–Crippen LogP) is 2.57. The first-order chi connectivity index (χ1) is 4.89. The van der Waals surface area contributed by atoms with Gasteiger partial charge in [-0.05, 0) is 17.8 Å². The van der Waals surface area contributed by atoms with Gasteiger partial charge >= 0.3 is 0 Å². The van der Waals surface area contributed by atoms with E-state index < -0.39 is 0 Å². The minimum Gasteiger partial charge on any atom is -0.327 e. The summed E-state index contributed by atoms with van der Waals surface area (Å²) in [5.41, 5.74) is 6.25. The Morgan fingerprint density at radius 2 is 1.91 bits per heavy atom. The second kappa shape index (κ2) is 3.91. The fourth-order valence-corrected chi connectivity index (χ4v) is 1.04. The van der Waals surface area contributed by atoms with Crippen molar-refractivity contribution in [3.05, 3.63) is 12.7 Å². The molecule has 0 aromatic rings. The standard InChI is InChI=1S/C10H21N/c1-6-7-9(11)8(2)10(3,4)5/h6,8-9H,1,7,11H2,2-5H3. The first-order valence-electron chi connectivity index (χ1n) is 4.26. The molecule has 0 saturated heterocycles. The summed E-state index contributed by atoms with van der Waals surface area (Å²) in [5, 5.41) is 0. The molecule has 0 aliphatic carbocycles. The zero-order chi connectivity index (χ0) is 9.07. The fourth-order valence-electron chi connectivity index (χ4n) is 1.04. The Labute approximate surface area is 70.7 Å². The van der Waals surface area contributed by atoms with Gasteiger partial charge in [0.2, 0.25) is 0 Å². The Balaban J connectivity index is 4.01. The third-order valence-electron chi connectivity index (χ3n) is 2.45. The first-order valence-corrected chi connectivity index (χ1v) is 4.26. The molecular weight excluding hydrogens is 134 g/mol. The van der Waals surface area contributed by atoms with Gasteiger partial charge < -0.3 is 5.73 Å². The van der Waals surface area contributed by atoms with E-state index in [4.69, 9.17) is 5.73 Å². The van der Waals surface area contributed by atoms with Crippen molar-refractivity contribution in [2.45, 2.75) is 40.2 Å². The summed E-state index contributed by atoms with van der Waals surface area (Å²) in [6.45, 7) is 12.6. The van der Waals surface area contributed by atoms with E-state index in [2.05, 4.69) is 34.3 Å². The highest BCUT2D eigenvalue weighted by Crippen LogP contribution is 2.28. The molecule has 2 unspecified atom stereocenters. The van der Waals surface area contributed by atoms with Gasteiger partial charge in [0.1, 0.15) is 0 Å². The summed E-state index contributed by atoms with van der Waals surface area (Å²) in [6, 6.07) is 0.257. The molecule has 1 heteroatoms. The molecule has 0 saturated carbocycles. The summed E-state index contributed by atoms with van der Waals surface area (Å²) < 4.78 is 0. The van der Waals surface area contributed by atoms with E-state index in [1.54, 1.807) is 0 Å². The van der Waals surface area contributed by atoms with Crippen LogP contribution in [0, 0.1) is 11.3 Å². The molecule has 0 heterocycles. The van der Waals surface area contributed by atoms with Crippen molar-refractivity contribution in [1.29, 1.82) is 0 Å². The largest absolute Gasteiger partial charge is 0.327 e. The normalized spacial score (nSPS) is 17.5. The molecule has 0 radical (unpaired) electrons. The average molecular weight is 155 g/mol. The molecule has 1 nitrogen and oxygen atoms in total. The summed E-state index contributed by atoms with van der Waals surface area (Å²) in [6.07, 6.45) is 2.81. The third-order valence-corrected chi connectivity index (χ3v) is 2.45. The maximum atomic E-state index is 5.94. The first kappa shape index (κ1) is 10.7. The van der Waals surface area contributed by atoms with Gasteiger partial charge in [-0.2, -0.15) is 0 Å². The third kappa shape index (κ3) is 3.57. The van der Waals surface area contributed by atoms with Gasteiger partial charge in [0.25, 0.3) is 0 Å². The lowest BCUT2D eigenvalue weighted by Crippen LogP contribution is -2.35. The van der Waals surface area contributed by atoms with E-state index in [0.717, 1.165) is 6.42 Å². The Hall–Kier alpha value is -0.300. The lowest BCUT2D eigenvalue weighted by molar-refractivity contribution is 0.222. The maximum Gasteiger partial charge on any atom is 0.0104 e. The van der Waals surface area contributed by atoms with Crippen molar-refractivity contribution >= 4 is 0 Å². The molecule has 0 bridgehead atoms. The van der Waals surface area contributed by atoms with Crippen molar-refractivity contribution in [1.82, 2.24) is 0 Å². The van der Waals surface area contributed by atoms with Crippen LogP contribution < -0.4 is 5.73 Å². The van der Waals surface area contributed by atoms with Crippen LogP contribution in [0.5, 0.6) is 0 Å². The maximum absolute atomic E-state index is 5.94. The van der Waals surface area contributed by atoms with Crippen LogP contribution in [0.2, 0.25) is 0 Å². The molecule has 66 valence electrons. The highest BCUT2D eigenvalue weighted by molar-refractivity contribution is 4.84. The SMILES string of the molecule is C=CCC(N)C(C)C(C)(C)C. The molecule has 0 aromatic carbocycles. The summed E-state index contributed by atoms with van der Waals surface area (Å²) >= 11 is 0. The number of rotatable bonds is 3. The molecule has 0 rings (SSSR count). The molecule has 0 aliphatic rings. The van der Waals surface area contributed by atoms with Crippen LogP contribution in [0.3, 0.4) is 0 Å². The van der Waals surface area contributed by atoms with Crippen LogP contribution in [0.4, 0.5) is 0 Å². The Morgan fingerprint density at radius 3 is 2.18 bits per heavy atom. The van der Waals surface area contributed by atoms with Crippen LogP contribution in [0.25, 0.3) is 0 Å². The monoisotopic (exact) mass is 155 g/mol. The minimum atomic E-state index is 0.257. The van der Waals surface area contributed by atoms with Gasteiger partial charge in [0.15, 0.2) is 0 Å². The molecular formula is C10H21N. The van der Waals surface area contributed by atoms with Gasteiger partial charge in [0, 0.05) is 6.04 Å². The van der Waals surface area contributed by atoms with Crippen molar-refractivity contribution < 1.29 is 0 Å². The van der Waals surface area contributed by atoms with Gasteiger partial charge in [0.05, 0.1) is 0 Å². The van der Waals surface area contributed by atoms with Crippen molar-refractivity contribution in [2.75, 3.05) is 0 Å². The molecule has 0 aromatic heterocycles. The zero-order valence-electron chi connectivity index (χ0n) is 8.22. The van der Waals surface area contributed by atoms with E-state index >= 15 is 0 Å². The second-order valence-corrected chi connectivity index (χ2v) is 4.34. The number of hydrogen-bond donors (Lipinski definition) is 1. The smallest absolute Gasteiger partial charge is 0.0104 e. The highest BCUT2D eigenvalue weighted by Gasteiger charge is 2.24. The van der Waals surface area contributed by atoms with Crippen LogP contribution in [0.15, 0.2) is 12.7 Å². The molecule has 0 spiro atoms.